The molecule has 0 aromatic rings. The minimum absolute atomic E-state index is 0.113. The lowest BCUT2D eigenvalue weighted by Gasteiger charge is -2.18. The molecule has 0 aromatic carbocycles. The third-order valence-corrected chi connectivity index (χ3v) is 10.6. The van der Waals surface area contributed by atoms with Gasteiger partial charge in [-0.1, -0.05) is 219 Å². The van der Waals surface area contributed by atoms with Crippen molar-refractivity contribution in [2.45, 2.75) is 219 Å². The molecule has 0 saturated heterocycles. The molecule has 0 N–H and O–H groups in total. The van der Waals surface area contributed by atoms with Crippen molar-refractivity contribution < 1.29 is 28.6 Å². The molecule has 0 spiro atoms. The first-order valence-electron chi connectivity index (χ1n) is 26.1. The molecule has 0 heterocycles. The van der Waals surface area contributed by atoms with E-state index >= 15 is 0 Å². The van der Waals surface area contributed by atoms with Crippen LogP contribution in [0, 0.1) is 0 Å². The monoisotopic (exact) mass is 899 g/mol. The summed E-state index contributed by atoms with van der Waals surface area (Å²) in [5, 5.41) is 0. The van der Waals surface area contributed by atoms with E-state index in [2.05, 4.69) is 87.6 Å². The van der Waals surface area contributed by atoms with Crippen molar-refractivity contribution in [1.82, 2.24) is 0 Å². The highest BCUT2D eigenvalue weighted by Gasteiger charge is 2.19. The first-order valence-corrected chi connectivity index (χ1v) is 26.1. The second kappa shape index (κ2) is 52.4. The zero-order valence-electron chi connectivity index (χ0n) is 41.7. The predicted molar refractivity (Wildman–Crippen MR) is 279 cm³/mol. The average molecular weight is 899 g/mol. The number of hydrogen-bond donors (Lipinski definition) is 0. The second-order valence-corrected chi connectivity index (χ2v) is 16.8. The van der Waals surface area contributed by atoms with Crippen LogP contribution in [0.3, 0.4) is 0 Å². The number of ether oxygens (including phenoxy) is 3. The molecular formula is C59H94O6. The molecule has 0 fully saturated rings. The van der Waals surface area contributed by atoms with Gasteiger partial charge >= 0.3 is 17.9 Å². The highest BCUT2D eigenvalue weighted by Crippen LogP contribution is 2.13. The smallest absolute Gasteiger partial charge is 0.306 e. The van der Waals surface area contributed by atoms with Gasteiger partial charge in [0.15, 0.2) is 6.10 Å². The minimum atomic E-state index is -0.818. The molecule has 0 aliphatic carbocycles. The van der Waals surface area contributed by atoms with Gasteiger partial charge in [0, 0.05) is 19.3 Å². The molecule has 0 saturated carbocycles. The van der Waals surface area contributed by atoms with Crippen LogP contribution in [0.1, 0.15) is 213 Å². The van der Waals surface area contributed by atoms with Crippen molar-refractivity contribution in [3.63, 3.8) is 0 Å². The van der Waals surface area contributed by atoms with Gasteiger partial charge in [0.1, 0.15) is 13.2 Å². The van der Waals surface area contributed by atoms with Crippen molar-refractivity contribution in [3.05, 3.63) is 122 Å². The zero-order chi connectivity index (χ0) is 47.2. The molecule has 0 aliphatic heterocycles. The maximum Gasteiger partial charge on any atom is 0.306 e. The number of rotatable bonds is 45. The summed E-state index contributed by atoms with van der Waals surface area (Å²) in [6.07, 6.45) is 71.9. The van der Waals surface area contributed by atoms with E-state index in [1.807, 2.05) is 54.7 Å². The highest BCUT2D eigenvalue weighted by atomic mass is 16.6. The van der Waals surface area contributed by atoms with Crippen LogP contribution in [0.4, 0.5) is 0 Å². The Morgan fingerprint density at radius 1 is 0.338 bits per heavy atom. The van der Waals surface area contributed by atoms with E-state index in [1.165, 1.54) is 77.0 Å². The van der Waals surface area contributed by atoms with Crippen LogP contribution in [0.2, 0.25) is 0 Å². The Morgan fingerprint density at radius 2 is 0.692 bits per heavy atom. The summed E-state index contributed by atoms with van der Waals surface area (Å²) in [6, 6.07) is 0. The van der Waals surface area contributed by atoms with Gasteiger partial charge in [-0.05, 0) is 96.3 Å². The summed E-state index contributed by atoms with van der Waals surface area (Å²) in [5.41, 5.74) is 0. The van der Waals surface area contributed by atoms with Crippen molar-refractivity contribution >= 4 is 17.9 Å². The van der Waals surface area contributed by atoms with E-state index in [9.17, 15) is 14.4 Å². The van der Waals surface area contributed by atoms with Crippen molar-refractivity contribution in [2.75, 3.05) is 13.2 Å². The molecule has 0 aliphatic rings. The highest BCUT2D eigenvalue weighted by molar-refractivity contribution is 5.71. The van der Waals surface area contributed by atoms with Crippen LogP contribution in [0.25, 0.3) is 0 Å². The number of allylic oxidation sites excluding steroid dienone is 20. The molecule has 0 rings (SSSR count). The SMILES string of the molecule is CC/C=C/C=C/C=C/C=C/C=C/CCCC(=O)OCC(COC(=O)CCCCCCCC/C=C/C/C=C/C/C=C/C/C=C/CC)OC(=O)CCCCCCCCC/C=C/CCCCCC. The van der Waals surface area contributed by atoms with Gasteiger partial charge in [0.2, 0.25) is 0 Å². The van der Waals surface area contributed by atoms with Gasteiger partial charge in [-0.2, -0.15) is 0 Å². The Hall–Kier alpha value is -4.19. The molecule has 366 valence electrons. The number of hydrogen-bond acceptors (Lipinski definition) is 6. The summed E-state index contributed by atoms with van der Waals surface area (Å²) >= 11 is 0. The zero-order valence-corrected chi connectivity index (χ0v) is 41.7. The Kier molecular flexibility index (Phi) is 49.1. The fraction of sp³-hybridized carbons (Fsp3) is 0.610. The predicted octanol–water partition coefficient (Wildman–Crippen LogP) is 17.3. The molecule has 65 heavy (non-hydrogen) atoms. The first-order chi connectivity index (χ1) is 32.0. The van der Waals surface area contributed by atoms with Crippen molar-refractivity contribution in [2.24, 2.45) is 0 Å². The average Bonchev–Trinajstić information content (AvgIpc) is 3.30. The van der Waals surface area contributed by atoms with Crippen LogP contribution in [0.15, 0.2) is 122 Å². The molecule has 0 radical (unpaired) electrons. The van der Waals surface area contributed by atoms with Gasteiger partial charge in [0.25, 0.3) is 0 Å². The normalized spacial score (nSPS) is 13.1. The number of unbranched alkanes of at least 4 members (excludes halogenated alkanes) is 18. The number of carbonyl (C=O) groups excluding carboxylic acids is 3. The lowest BCUT2D eigenvalue weighted by molar-refractivity contribution is -0.167. The summed E-state index contributed by atoms with van der Waals surface area (Å²) in [4.78, 5) is 38.0. The van der Waals surface area contributed by atoms with Crippen LogP contribution < -0.4 is 0 Å². The third kappa shape index (κ3) is 50.7. The fourth-order valence-corrected chi connectivity index (χ4v) is 6.69. The first kappa shape index (κ1) is 60.8. The van der Waals surface area contributed by atoms with Gasteiger partial charge in [-0.15, -0.1) is 0 Å². The van der Waals surface area contributed by atoms with Crippen molar-refractivity contribution in [1.29, 1.82) is 0 Å². The molecule has 1 atom stereocenters. The van der Waals surface area contributed by atoms with Gasteiger partial charge in [-0.25, -0.2) is 0 Å². The minimum Gasteiger partial charge on any atom is -0.462 e. The van der Waals surface area contributed by atoms with Gasteiger partial charge in [0.05, 0.1) is 0 Å². The lowest BCUT2D eigenvalue weighted by atomic mass is 10.1. The third-order valence-electron chi connectivity index (χ3n) is 10.6. The summed E-state index contributed by atoms with van der Waals surface area (Å²) in [5.74, 6) is -1.01. The quantitative estimate of drug-likeness (QED) is 0.0199. The summed E-state index contributed by atoms with van der Waals surface area (Å²) in [7, 11) is 0. The Balaban J connectivity index is 4.50. The maximum atomic E-state index is 12.8. The number of carbonyl (C=O) groups is 3. The Labute approximate surface area is 399 Å². The van der Waals surface area contributed by atoms with E-state index in [0.717, 1.165) is 89.9 Å². The molecule has 0 bridgehead atoms. The van der Waals surface area contributed by atoms with E-state index in [1.54, 1.807) is 0 Å². The molecular weight excluding hydrogens is 805 g/mol. The molecule has 1 unspecified atom stereocenters. The van der Waals surface area contributed by atoms with Crippen LogP contribution in [-0.4, -0.2) is 37.2 Å². The molecule has 0 amide bonds. The fourth-order valence-electron chi connectivity index (χ4n) is 6.69. The second-order valence-electron chi connectivity index (χ2n) is 16.8. The molecule has 6 nitrogen and oxygen atoms in total. The molecule has 6 heteroatoms. The summed E-state index contributed by atoms with van der Waals surface area (Å²) < 4.78 is 16.7. The largest absolute Gasteiger partial charge is 0.462 e. The maximum absolute atomic E-state index is 12.8. The van der Waals surface area contributed by atoms with E-state index < -0.39 is 6.10 Å². The van der Waals surface area contributed by atoms with Crippen molar-refractivity contribution in [3.8, 4) is 0 Å². The topological polar surface area (TPSA) is 78.9 Å². The van der Waals surface area contributed by atoms with Crippen LogP contribution in [0.5, 0.6) is 0 Å². The molecule has 0 aromatic heterocycles. The van der Waals surface area contributed by atoms with E-state index in [4.69, 9.17) is 14.2 Å². The lowest BCUT2D eigenvalue weighted by Crippen LogP contribution is -2.30. The van der Waals surface area contributed by atoms with Crippen LogP contribution >= 0.6 is 0 Å². The van der Waals surface area contributed by atoms with Crippen LogP contribution in [-0.2, 0) is 28.6 Å². The Bertz CT molecular complexity index is 1400. The van der Waals surface area contributed by atoms with E-state index in [0.29, 0.717) is 19.3 Å². The Morgan fingerprint density at radius 3 is 1.18 bits per heavy atom. The van der Waals surface area contributed by atoms with E-state index in [-0.39, 0.29) is 37.5 Å². The van der Waals surface area contributed by atoms with Gasteiger partial charge < -0.3 is 14.2 Å². The van der Waals surface area contributed by atoms with Gasteiger partial charge in [-0.3, -0.25) is 14.4 Å². The standard InChI is InChI=1S/C59H94O6/c1-4-7-10-13-16-19-22-25-27-28-29-30-32-34-37-40-43-46-49-52-58(61)64-55-56(54-63-57(60)51-48-45-42-39-36-33-24-21-18-15-12-9-6-3)65-59(62)53-50-47-44-41-38-35-31-26-23-20-17-14-11-8-5-2/h7,9-10,12,15-16,18-21,23-25,27,29-30,33,36,39,42,56H,4-6,8,11,13-14,17,22,26,28,31-32,34-35,37-38,40-41,43-55H2,1-3H3/b10-7+,12-9+,18-15+,19-16+,23-20+,24-21+,27-25+,30-29+,36-33+,42-39+. The summed E-state index contributed by atoms with van der Waals surface area (Å²) in [6.45, 7) is 6.27. The number of esters is 3.